The molecule has 0 saturated carbocycles. The van der Waals surface area contributed by atoms with Gasteiger partial charge in [-0.25, -0.2) is 15.0 Å². The Bertz CT molecular complexity index is 1160. The molecule has 2 aliphatic rings. The summed E-state index contributed by atoms with van der Waals surface area (Å²) in [4.78, 5) is 38.5. The van der Waals surface area contributed by atoms with E-state index in [1.54, 1.807) is 18.3 Å². The lowest BCUT2D eigenvalue weighted by Crippen LogP contribution is -2.35. The molecule has 2 aliphatic heterocycles. The largest absolute Gasteiger partial charge is 0.492 e. The standard InChI is InChI=1S/C21H19N5O4/c27-18-10-16(15-4-6-22-12-23-15)24-20-17(11-29-9-7-26(18)20)25-21(28)14-3-1-2-13-5-8-30-19(13)14/h1-4,6,10,12,17H,5,7-9,11H2,(H,25,28). The molecule has 0 saturated heterocycles. The van der Waals surface area contributed by atoms with Crippen molar-refractivity contribution < 1.29 is 14.3 Å². The third kappa shape index (κ3) is 3.33. The number of rotatable bonds is 3. The fourth-order valence-corrected chi connectivity index (χ4v) is 3.76. The van der Waals surface area contributed by atoms with Crippen LogP contribution < -0.4 is 15.6 Å². The zero-order valence-corrected chi connectivity index (χ0v) is 16.1. The number of hydrogen-bond acceptors (Lipinski definition) is 7. The summed E-state index contributed by atoms with van der Waals surface area (Å²) in [5.41, 5.74) is 2.23. The van der Waals surface area contributed by atoms with E-state index in [0.717, 1.165) is 12.0 Å². The van der Waals surface area contributed by atoms with Crippen molar-refractivity contribution in [1.82, 2.24) is 24.8 Å². The molecule has 1 N–H and O–H groups in total. The molecule has 1 atom stereocenters. The van der Waals surface area contributed by atoms with Crippen LogP contribution in [0.15, 0.2) is 47.7 Å². The predicted octanol–water partition coefficient (Wildman–Crippen LogP) is 1.14. The summed E-state index contributed by atoms with van der Waals surface area (Å²) < 4.78 is 12.8. The maximum atomic E-state index is 13.1. The van der Waals surface area contributed by atoms with Crippen LogP contribution in [0.1, 0.15) is 27.8 Å². The van der Waals surface area contributed by atoms with Gasteiger partial charge in [0, 0.05) is 18.7 Å². The number of ether oxygens (including phenoxy) is 2. The van der Waals surface area contributed by atoms with Gasteiger partial charge in [-0.1, -0.05) is 12.1 Å². The molecule has 0 aliphatic carbocycles. The van der Waals surface area contributed by atoms with E-state index in [4.69, 9.17) is 9.47 Å². The van der Waals surface area contributed by atoms with Gasteiger partial charge >= 0.3 is 0 Å². The average Bonchev–Trinajstić information content (AvgIpc) is 3.17. The van der Waals surface area contributed by atoms with E-state index in [1.807, 2.05) is 12.1 Å². The van der Waals surface area contributed by atoms with E-state index in [0.29, 0.717) is 48.3 Å². The second-order valence-corrected chi connectivity index (χ2v) is 7.08. The molecular weight excluding hydrogens is 386 g/mol. The zero-order chi connectivity index (χ0) is 20.5. The number of nitrogens with one attached hydrogen (secondary N) is 1. The van der Waals surface area contributed by atoms with Crippen LogP contribution in [0.5, 0.6) is 5.75 Å². The van der Waals surface area contributed by atoms with Gasteiger partial charge < -0.3 is 14.8 Å². The number of para-hydroxylation sites is 1. The smallest absolute Gasteiger partial charge is 0.255 e. The van der Waals surface area contributed by atoms with Gasteiger partial charge in [-0.2, -0.15) is 0 Å². The minimum absolute atomic E-state index is 0.210. The van der Waals surface area contributed by atoms with Gasteiger partial charge in [-0.05, 0) is 17.7 Å². The SMILES string of the molecule is O=C(NC1COCCn2c1nc(-c1ccncn1)cc2=O)c1cccc2c1OCC2. The van der Waals surface area contributed by atoms with Gasteiger partial charge in [0.2, 0.25) is 0 Å². The second-order valence-electron chi connectivity index (χ2n) is 7.08. The van der Waals surface area contributed by atoms with Crippen LogP contribution >= 0.6 is 0 Å². The molecule has 1 amide bonds. The third-order valence-electron chi connectivity index (χ3n) is 5.20. The number of fused-ring (bicyclic) bond motifs is 2. The summed E-state index contributed by atoms with van der Waals surface area (Å²) in [7, 11) is 0. The first-order chi connectivity index (χ1) is 14.7. The van der Waals surface area contributed by atoms with E-state index in [-0.39, 0.29) is 18.1 Å². The van der Waals surface area contributed by atoms with Crippen molar-refractivity contribution in [2.24, 2.45) is 0 Å². The van der Waals surface area contributed by atoms with Crippen molar-refractivity contribution >= 4 is 5.91 Å². The first-order valence-electron chi connectivity index (χ1n) is 9.72. The van der Waals surface area contributed by atoms with Crippen LogP contribution in [-0.4, -0.2) is 45.2 Å². The predicted molar refractivity (Wildman–Crippen MR) is 106 cm³/mol. The van der Waals surface area contributed by atoms with Gasteiger partial charge in [-0.3, -0.25) is 14.2 Å². The lowest BCUT2D eigenvalue weighted by atomic mass is 10.1. The summed E-state index contributed by atoms with van der Waals surface area (Å²) in [6.07, 6.45) is 3.77. The lowest BCUT2D eigenvalue weighted by molar-refractivity contribution is 0.0852. The first kappa shape index (κ1) is 18.4. The topological polar surface area (TPSA) is 108 Å². The van der Waals surface area contributed by atoms with Gasteiger partial charge in [0.25, 0.3) is 11.5 Å². The van der Waals surface area contributed by atoms with Gasteiger partial charge in [0.1, 0.15) is 23.9 Å². The Morgan fingerprint density at radius 2 is 2.13 bits per heavy atom. The van der Waals surface area contributed by atoms with Crippen molar-refractivity contribution in [3.05, 3.63) is 70.2 Å². The van der Waals surface area contributed by atoms with E-state index < -0.39 is 6.04 Å². The first-order valence-corrected chi connectivity index (χ1v) is 9.72. The molecule has 0 spiro atoms. The van der Waals surface area contributed by atoms with Crippen molar-refractivity contribution in [1.29, 1.82) is 0 Å². The highest BCUT2D eigenvalue weighted by atomic mass is 16.5. The van der Waals surface area contributed by atoms with Crippen molar-refractivity contribution in [3.63, 3.8) is 0 Å². The Kier molecular flexibility index (Phi) is 4.72. The highest BCUT2D eigenvalue weighted by Crippen LogP contribution is 2.30. The molecule has 152 valence electrons. The average molecular weight is 405 g/mol. The third-order valence-corrected chi connectivity index (χ3v) is 5.20. The second kappa shape index (κ2) is 7.68. The number of carbonyl (C=O) groups excluding carboxylic acids is 1. The van der Waals surface area contributed by atoms with Crippen LogP contribution in [0.25, 0.3) is 11.4 Å². The zero-order valence-electron chi connectivity index (χ0n) is 16.1. The highest BCUT2D eigenvalue weighted by Gasteiger charge is 2.27. The number of aromatic nitrogens is 4. The van der Waals surface area contributed by atoms with E-state index in [9.17, 15) is 9.59 Å². The van der Waals surface area contributed by atoms with Crippen molar-refractivity contribution in [2.75, 3.05) is 19.8 Å². The number of benzene rings is 1. The van der Waals surface area contributed by atoms with Gasteiger partial charge in [0.15, 0.2) is 0 Å². The minimum Gasteiger partial charge on any atom is -0.492 e. The summed E-state index contributed by atoms with van der Waals surface area (Å²) in [6.45, 7) is 1.49. The minimum atomic E-state index is -0.591. The highest BCUT2D eigenvalue weighted by molar-refractivity contribution is 5.97. The summed E-state index contributed by atoms with van der Waals surface area (Å²) in [5, 5.41) is 2.97. The summed E-state index contributed by atoms with van der Waals surface area (Å²) >= 11 is 0. The van der Waals surface area contributed by atoms with Crippen molar-refractivity contribution in [3.8, 4) is 17.1 Å². The van der Waals surface area contributed by atoms with Gasteiger partial charge in [-0.15, -0.1) is 0 Å². The molecule has 1 aromatic carbocycles. The van der Waals surface area contributed by atoms with Crippen LogP contribution in [-0.2, 0) is 17.7 Å². The number of nitrogens with zero attached hydrogens (tertiary/aromatic N) is 4. The van der Waals surface area contributed by atoms with Crippen LogP contribution in [0.2, 0.25) is 0 Å². The van der Waals surface area contributed by atoms with E-state index in [1.165, 1.54) is 17.0 Å². The number of carbonyl (C=O) groups is 1. The maximum Gasteiger partial charge on any atom is 0.255 e. The molecular formula is C21H19N5O4. The van der Waals surface area contributed by atoms with Crippen molar-refractivity contribution in [2.45, 2.75) is 19.0 Å². The molecule has 1 unspecified atom stereocenters. The lowest BCUT2D eigenvalue weighted by Gasteiger charge is -2.19. The van der Waals surface area contributed by atoms with Gasteiger partial charge in [0.05, 0.1) is 43.3 Å². The molecule has 9 nitrogen and oxygen atoms in total. The Morgan fingerprint density at radius 1 is 1.20 bits per heavy atom. The molecule has 5 rings (SSSR count). The fraction of sp³-hybridized carbons (Fsp3) is 0.286. The Hall–Kier alpha value is -3.59. The Balaban J connectivity index is 1.52. The van der Waals surface area contributed by atoms with Crippen LogP contribution in [0.4, 0.5) is 0 Å². The Labute approximate surface area is 171 Å². The molecule has 4 heterocycles. The number of amides is 1. The molecule has 0 radical (unpaired) electrons. The summed E-state index contributed by atoms with van der Waals surface area (Å²) in [5.74, 6) is 0.762. The molecule has 0 bridgehead atoms. The molecule has 3 aromatic rings. The molecule has 9 heteroatoms. The summed E-state index contributed by atoms with van der Waals surface area (Å²) in [6, 6.07) is 8.06. The number of hydrogen-bond donors (Lipinski definition) is 1. The monoisotopic (exact) mass is 405 g/mol. The normalized spacial score (nSPS) is 17.4. The van der Waals surface area contributed by atoms with E-state index >= 15 is 0 Å². The van der Waals surface area contributed by atoms with Crippen LogP contribution in [0, 0.1) is 0 Å². The molecule has 0 fully saturated rings. The van der Waals surface area contributed by atoms with E-state index in [2.05, 4.69) is 20.3 Å². The molecule has 2 aromatic heterocycles. The fourth-order valence-electron chi connectivity index (χ4n) is 3.76. The quantitative estimate of drug-likeness (QED) is 0.696. The molecule has 30 heavy (non-hydrogen) atoms. The Morgan fingerprint density at radius 3 is 3.00 bits per heavy atom. The maximum absolute atomic E-state index is 13.1. The van der Waals surface area contributed by atoms with Crippen LogP contribution in [0.3, 0.4) is 0 Å².